The van der Waals surface area contributed by atoms with Crippen LogP contribution in [0.3, 0.4) is 0 Å². The molecule has 2 aromatic heterocycles. The molecule has 0 aliphatic heterocycles. The topological polar surface area (TPSA) is 62.4 Å². The molecule has 5 heteroatoms. The van der Waals surface area contributed by atoms with Crippen LogP contribution in [-0.4, -0.2) is 6.21 Å². The van der Waals surface area contributed by atoms with Crippen molar-refractivity contribution in [2.24, 2.45) is 4.99 Å². The number of nitrogens with zero attached hydrogens (tertiary/aromatic N) is 2. The standard InChI is InChI=1S/C28H17FN2O2/c29-22-13-11-19(12-14-22)25-16-15-23(32-25)18-31-28-24(17-30)26(20-7-3-1-4-8-20)27(33-28)21-9-5-2-6-10-21/h1-16,18H. The molecule has 0 saturated heterocycles. The van der Waals surface area contributed by atoms with Crippen LogP contribution in [-0.2, 0) is 0 Å². The van der Waals surface area contributed by atoms with E-state index in [1.807, 2.05) is 60.7 Å². The smallest absolute Gasteiger partial charge is 0.238 e. The first-order valence-electron chi connectivity index (χ1n) is 10.3. The first-order chi connectivity index (χ1) is 16.2. The van der Waals surface area contributed by atoms with E-state index in [0.717, 1.165) is 16.7 Å². The van der Waals surface area contributed by atoms with Crippen LogP contribution < -0.4 is 0 Å². The molecule has 5 rings (SSSR count). The first-order valence-corrected chi connectivity index (χ1v) is 10.3. The lowest BCUT2D eigenvalue weighted by Crippen LogP contribution is -1.83. The lowest BCUT2D eigenvalue weighted by Gasteiger charge is -2.03. The zero-order valence-electron chi connectivity index (χ0n) is 17.4. The average Bonchev–Trinajstić information content (AvgIpc) is 3.49. The zero-order valence-corrected chi connectivity index (χ0v) is 17.4. The van der Waals surface area contributed by atoms with Gasteiger partial charge in [0.2, 0.25) is 5.88 Å². The summed E-state index contributed by atoms with van der Waals surface area (Å²) < 4.78 is 25.1. The Labute approximate surface area is 189 Å². The molecule has 0 radical (unpaired) electrons. The van der Waals surface area contributed by atoms with E-state index in [1.165, 1.54) is 18.3 Å². The summed E-state index contributed by atoms with van der Waals surface area (Å²) in [5, 5.41) is 9.96. The van der Waals surface area contributed by atoms with Gasteiger partial charge in [-0.3, -0.25) is 0 Å². The first kappa shape index (κ1) is 20.2. The van der Waals surface area contributed by atoms with Crippen molar-refractivity contribution in [1.29, 1.82) is 5.26 Å². The van der Waals surface area contributed by atoms with Crippen molar-refractivity contribution >= 4 is 12.1 Å². The summed E-state index contributed by atoms with van der Waals surface area (Å²) in [6.07, 6.45) is 1.51. The highest BCUT2D eigenvalue weighted by Gasteiger charge is 2.22. The molecule has 0 amide bonds. The van der Waals surface area contributed by atoms with Crippen LogP contribution in [0.1, 0.15) is 11.3 Å². The van der Waals surface area contributed by atoms with E-state index in [9.17, 15) is 9.65 Å². The lowest BCUT2D eigenvalue weighted by atomic mass is 9.98. The van der Waals surface area contributed by atoms with Crippen LogP contribution >= 0.6 is 0 Å². The predicted octanol–water partition coefficient (Wildman–Crippen LogP) is 7.63. The van der Waals surface area contributed by atoms with Gasteiger partial charge in [0.1, 0.15) is 34.7 Å². The fourth-order valence-electron chi connectivity index (χ4n) is 3.60. The average molecular weight is 432 g/mol. The van der Waals surface area contributed by atoms with Gasteiger partial charge in [-0.15, -0.1) is 0 Å². The predicted molar refractivity (Wildman–Crippen MR) is 126 cm³/mol. The van der Waals surface area contributed by atoms with Crippen molar-refractivity contribution in [3.05, 3.63) is 114 Å². The molecule has 4 nitrogen and oxygen atoms in total. The summed E-state index contributed by atoms with van der Waals surface area (Å²) in [5.74, 6) is 1.55. The van der Waals surface area contributed by atoms with Gasteiger partial charge < -0.3 is 8.83 Å². The second kappa shape index (κ2) is 8.81. The SMILES string of the molecule is N#Cc1c(N=Cc2ccc(-c3ccc(F)cc3)o2)oc(-c2ccccc2)c1-c1ccccc1. The van der Waals surface area contributed by atoms with Gasteiger partial charge in [-0.25, -0.2) is 9.38 Å². The minimum atomic E-state index is -0.308. The van der Waals surface area contributed by atoms with Crippen molar-refractivity contribution in [3.63, 3.8) is 0 Å². The highest BCUT2D eigenvalue weighted by Crippen LogP contribution is 2.42. The van der Waals surface area contributed by atoms with E-state index in [-0.39, 0.29) is 11.7 Å². The van der Waals surface area contributed by atoms with Gasteiger partial charge in [0.05, 0.1) is 6.21 Å². The Morgan fingerprint density at radius 2 is 1.39 bits per heavy atom. The Kier molecular flexibility index (Phi) is 5.40. The van der Waals surface area contributed by atoms with Gasteiger partial charge in [-0.2, -0.15) is 5.26 Å². The van der Waals surface area contributed by atoms with Crippen LogP contribution in [0.5, 0.6) is 0 Å². The summed E-state index contributed by atoms with van der Waals surface area (Å²) in [7, 11) is 0. The van der Waals surface area contributed by atoms with Gasteiger partial charge in [0, 0.05) is 16.7 Å². The lowest BCUT2D eigenvalue weighted by molar-refractivity contribution is 0.572. The van der Waals surface area contributed by atoms with Gasteiger partial charge in [-0.05, 0) is 42.0 Å². The fourth-order valence-corrected chi connectivity index (χ4v) is 3.60. The quantitative estimate of drug-likeness (QED) is 0.268. The summed E-state index contributed by atoms with van der Waals surface area (Å²) in [6, 6.07) is 31.1. The van der Waals surface area contributed by atoms with Crippen LogP contribution in [0.4, 0.5) is 10.3 Å². The fraction of sp³-hybridized carbons (Fsp3) is 0. The molecule has 0 fully saturated rings. The molecule has 0 N–H and O–H groups in total. The van der Waals surface area contributed by atoms with Crippen molar-refractivity contribution in [2.45, 2.75) is 0 Å². The van der Waals surface area contributed by atoms with Crippen molar-refractivity contribution < 1.29 is 13.2 Å². The molecule has 0 bridgehead atoms. The zero-order chi connectivity index (χ0) is 22.6. The minimum absolute atomic E-state index is 0.204. The van der Waals surface area contributed by atoms with Crippen LogP contribution in [0.25, 0.3) is 33.8 Å². The maximum atomic E-state index is 13.2. The van der Waals surface area contributed by atoms with Gasteiger partial charge in [0.15, 0.2) is 0 Å². The van der Waals surface area contributed by atoms with E-state index < -0.39 is 0 Å². The number of halogens is 1. The third kappa shape index (κ3) is 4.10. The van der Waals surface area contributed by atoms with Gasteiger partial charge >= 0.3 is 0 Å². The number of hydrogen-bond acceptors (Lipinski definition) is 4. The molecule has 0 unspecified atom stereocenters. The Morgan fingerprint density at radius 3 is 2.06 bits per heavy atom. The number of benzene rings is 3. The monoisotopic (exact) mass is 432 g/mol. The van der Waals surface area contributed by atoms with E-state index in [4.69, 9.17) is 8.83 Å². The normalized spacial score (nSPS) is 11.0. The van der Waals surface area contributed by atoms with Crippen LogP contribution in [0.15, 0.2) is 111 Å². The largest absolute Gasteiger partial charge is 0.455 e. The van der Waals surface area contributed by atoms with E-state index >= 15 is 0 Å². The Morgan fingerprint density at radius 1 is 0.727 bits per heavy atom. The molecule has 0 spiro atoms. The molecule has 0 aliphatic carbocycles. The Bertz CT molecular complexity index is 1460. The molecule has 0 aliphatic rings. The third-order valence-electron chi connectivity index (χ3n) is 5.16. The van der Waals surface area contributed by atoms with E-state index in [0.29, 0.717) is 28.4 Å². The van der Waals surface area contributed by atoms with Crippen molar-refractivity contribution in [1.82, 2.24) is 0 Å². The second-order valence-electron chi connectivity index (χ2n) is 7.30. The van der Waals surface area contributed by atoms with Crippen LogP contribution in [0.2, 0.25) is 0 Å². The second-order valence-corrected chi connectivity index (χ2v) is 7.30. The number of furan rings is 2. The highest BCUT2D eigenvalue weighted by atomic mass is 19.1. The summed E-state index contributed by atoms with van der Waals surface area (Å²) in [4.78, 5) is 4.43. The van der Waals surface area contributed by atoms with Crippen molar-refractivity contribution in [3.8, 4) is 39.8 Å². The third-order valence-corrected chi connectivity index (χ3v) is 5.16. The number of nitriles is 1. The summed E-state index contributed by atoms with van der Waals surface area (Å²) >= 11 is 0. The summed E-state index contributed by atoms with van der Waals surface area (Å²) in [6.45, 7) is 0. The maximum absolute atomic E-state index is 13.2. The molecule has 3 aromatic carbocycles. The molecule has 0 saturated carbocycles. The number of rotatable bonds is 5. The molecular weight excluding hydrogens is 415 g/mol. The maximum Gasteiger partial charge on any atom is 0.238 e. The Hall–Kier alpha value is -4.69. The van der Waals surface area contributed by atoms with Gasteiger partial charge in [0.25, 0.3) is 0 Å². The number of hydrogen-bond donors (Lipinski definition) is 0. The molecule has 158 valence electrons. The van der Waals surface area contributed by atoms with E-state index in [1.54, 1.807) is 24.3 Å². The highest BCUT2D eigenvalue weighted by molar-refractivity contribution is 5.89. The van der Waals surface area contributed by atoms with Crippen LogP contribution in [0, 0.1) is 17.1 Å². The van der Waals surface area contributed by atoms with Gasteiger partial charge in [-0.1, -0.05) is 60.7 Å². The van der Waals surface area contributed by atoms with E-state index in [2.05, 4.69) is 11.1 Å². The molecule has 0 atom stereocenters. The number of aliphatic imine (C=N–C) groups is 1. The molecule has 5 aromatic rings. The minimum Gasteiger partial charge on any atom is -0.455 e. The molecular formula is C28H17FN2O2. The molecule has 33 heavy (non-hydrogen) atoms. The van der Waals surface area contributed by atoms with Crippen molar-refractivity contribution in [2.75, 3.05) is 0 Å². The Balaban J connectivity index is 1.55. The summed E-state index contributed by atoms with van der Waals surface area (Å²) in [5.41, 5.74) is 3.52. The molecule has 2 heterocycles.